The maximum atomic E-state index is 14.1. The predicted octanol–water partition coefficient (Wildman–Crippen LogP) is 3.87. The fourth-order valence-electron chi connectivity index (χ4n) is 2.39. The highest BCUT2D eigenvalue weighted by molar-refractivity contribution is 5.93. The molecule has 0 saturated heterocycles. The van der Waals surface area contributed by atoms with Gasteiger partial charge >= 0.3 is 0 Å². The molecule has 0 amide bonds. The molecule has 0 bridgehead atoms. The van der Waals surface area contributed by atoms with Crippen molar-refractivity contribution in [3.8, 4) is 11.1 Å². The number of nitrogens with zero attached hydrogens (tertiary/aromatic N) is 1. The van der Waals surface area contributed by atoms with Gasteiger partial charge in [-0.05, 0) is 24.1 Å². The van der Waals surface area contributed by atoms with Crippen molar-refractivity contribution >= 4 is 11.0 Å². The van der Waals surface area contributed by atoms with Crippen LogP contribution in [0.3, 0.4) is 0 Å². The Morgan fingerprint density at radius 1 is 1.17 bits per heavy atom. The lowest BCUT2D eigenvalue weighted by atomic mass is 10.0. The molecule has 2 aromatic carbocycles. The molecule has 0 aliphatic heterocycles. The van der Waals surface area contributed by atoms with Gasteiger partial charge in [0.05, 0.1) is 11.0 Å². The van der Waals surface area contributed by atoms with Crippen molar-refractivity contribution < 1.29 is 4.39 Å². The molecule has 0 radical (unpaired) electrons. The second-order valence-electron chi connectivity index (χ2n) is 4.54. The molecule has 3 heteroatoms. The summed E-state index contributed by atoms with van der Waals surface area (Å²) in [5, 5.41) is 3.15. The first-order valence-electron chi connectivity index (χ1n) is 6.13. The van der Waals surface area contributed by atoms with Crippen molar-refractivity contribution in [3.05, 3.63) is 47.8 Å². The minimum atomic E-state index is -0.150. The van der Waals surface area contributed by atoms with Gasteiger partial charge in [0.2, 0.25) is 0 Å². The highest BCUT2D eigenvalue weighted by Gasteiger charge is 2.13. The Labute approximate surface area is 105 Å². The Morgan fingerprint density at radius 2 is 2.00 bits per heavy atom. The SMILES string of the molecule is CCc1ccc(-c2cccc3[nH]n(C)c23)c(F)c1. The van der Waals surface area contributed by atoms with Gasteiger partial charge in [-0.1, -0.05) is 31.2 Å². The number of nitrogens with one attached hydrogen (secondary N) is 1. The lowest BCUT2D eigenvalue weighted by molar-refractivity contribution is 0.629. The van der Waals surface area contributed by atoms with E-state index >= 15 is 0 Å². The highest BCUT2D eigenvalue weighted by Crippen LogP contribution is 2.31. The van der Waals surface area contributed by atoms with Crippen molar-refractivity contribution in [2.24, 2.45) is 7.05 Å². The normalized spacial score (nSPS) is 11.3. The summed E-state index contributed by atoms with van der Waals surface area (Å²) in [6.07, 6.45) is 0.853. The number of fused-ring (bicyclic) bond motifs is 1. The highest BCUT2D eigenvalue weighted by atomic mass is 19.1. The van der Waals surface area contributed by atoms with Gasteiger partial charge in [0.15, 0.2) is 0 Å². The summed E-state index contributed by atoms with van der Waals surface area (Å²) in [6.45, 7) is 2.03. The molecule has 1 heterocycles. The van der Waals surface area contributed by atoms with E-state index in [2.05, 4.69) is 5.10 Å². The minimum absolute atomic E-state index is 0.150. The van der Waals surface area contributed by atoms with Crippen molar-refractivity contribution in [2.75, 3.05) is 0 Å². The summed E-state index contributed by atoms with van der Waals surface area (Å²) in [7, 11) is 1.93. The van der Waals surface area contributed by atoms with E-state index < -0.39 is 0 Å². The molecule has 3 rings (SSSR count). The van der Waals surface area contributed by atoms with Gasteiger partial charge in [-0.3, -0.25) is 9.78 Å². The molecule has 92 valence electrons. The van der Waals surface area contributed by atoms with Crippen molar-refractivity contribution in [3.63, 3.8) is 0 Å². The molecule has 0 saturated carbocycles. The first kappa shape index (κ1) is 11.1. The van der Waals surface area contributed by atoms with E-state index in [1.807, 2.05) is 49.0 Å². The number of aromatic nitrogens is 2. The van der Waals surface area contributed by atoms with Gasteiger partial charge in [-0.2, -0.15) is 0 Å². The molecule has 1 N–H and O–H groups in total. The standard InChI is InChI=1S/C15H15FN2/c1-3-10-7-8-11(13(16)9-10)12-5-4-6-14-15(12)18(2)17-14/h4-9,17H,3H2,1-2H3. The molecule has 3 aromatic rings. The number of rotatable bonds is 2. The molecular formula is C15H15FN2. The summed E-state index contributed by atoms with van der Waals surface area (Å²) in [5.74, 6) is -0.150. The largest absolute Gasteiger partial charge is 0.296 e. The number of hydrogen-bond donors (Lipinski definition) is 1. The molecule has 18 heavy (non-hydrogen) atoms. The number of halogens is 1. The molecule has 0 fully saturated rings. The fraction of sp³-hybridized carbons (Fsp3) is 0.200. The van der Waals surface area contributed by atoms with E-state index in [-0.39, 0.29) is 5.82 Å². The topological polar surface area (TPSA) is 20.7 Å². The van der Waals surface area contributed by atoms with E-state index in [1.54, 1.807) is 6.07 Å². The number of para-hydroxylation sites is 1. The third kappa shape index (κ3) is 1.55. The van der Waals surface area contributed by atoms with Gasteiger partial charge in [0.25, 0.3) is 0 Å². The summed E-state index contributed by atoms with van der Waals surface area (Å²) in [5.41, 5.74) is 4.73. The second-order valence-corrected chi connectivity index (χ2v) is 4.54. The number of benzene rings is 2. The summed E-state index contributed by atoms with van der Waals surface area (Å²) >= 11 is 0. The van der Waals surface area contributed by atoms with E-state index in [1.165, 1.54) is 0 Å². The Morgan fingerprint density at radius 3 is 2.67 bits per heavy atom. The third-order valence-electron chi connectivity index (χ3n) is 3.39. The van der Waals surface area contributed by atoms with E-state index in [0.717, 1.165) is 28.6 Å². The minimum Gasteiger partial charge on any atom is -0.296 e. The monoisotopic (exact) mass is 242 g/mol. The zero-order chi connectivity index (χ0) is 12.7. The average Bonchev–Trinajstić information content (AvgIpc) is 2.36. The van der Waals surface area contributed by atoms with Crippen LogP contribution in [0, 0.1) is 5.82 Å². The lowest BCUT2D eigenvalue weighted by Gasteiger charge is -2.16. The van der Waals surface area contributed by atoms with Crippen LogP contribution in [0.2, 0.25) is 0 Å². The van der Waals surface area contributed by atoms with Gasteiger partial charge in [0.1, 0.15) is 5.82 Å². The maximum Gasteiger partial charge on any atom is 0.131 e. The zero-order valence-corrected chi connectivity index (χ0v) is 10.5. The van der Waals surface area contributed by atoms with Crippen molar-refractivity contribution in [1.29, 1.82) is 0 Å². The summed E-state index contributed by atoms with van der Waals surface area (Å²) in [4.78, 5) is 0. The van der Waals surface area contributed by atoms with Gasteiger partial charge < -0.3 is 0 Å². The number of aromatic amines is 1. The van der Waals surface area contributed by atoms with Gasteiger partial charge in [0, 0.05) is 18.2 Å². The van der Waals surface area contributed by atoms with E-state index in [4.69, 9.17) is 0 Å². The Bertz CT molecular complexity index is 706. The molecule has 0 unspecified atom stereocenters. The fourth-order valence-corrected chi connectivity index (χ4v) is 2.39. The molecule has 1 aromatic heterocycles. The van der Waals surface area contributed by atoms with Crippen LogP contribution in [0.15, 0.2) is 36.4 Å². The van der Waals surface area contributed by atoms with Gasteiger partial charge in [-0.15, -0.1) is 0 Å². The Balaban J connectivity index is 2.21. The van der Waals surface area contributed by atoms with Crippen LogP contribution in [0.4, 0.5) is 4.39 Å². The van der Waals surface area contributed by atoms with Crippen LogP contribution in [0.5, 0.6) is 0 Å². The zero-order valence-electron chi connectivity index (χ0n) is 10.5. The lowest BCUT2D eigenvalue weighted by Crippen LogP contribution is -2.06. The van der Waals surface area contributed by atoms with E-state index in [9.17, 15) is 4.39 Å². The predicted molar refractivity (Wildman–Crippen MR) is 72.0 cm³/mol. The van der Waals surface area contributed by atoms with Crippen molar-refractivity contribution in [1.82, 2.24) is 9.78 Å². The Kier molecular flexibility index (Phi) is 2.47. The molecular weight excluding hydrogens is 227 g/mol. The van der Waals surface area contributed by atoms with E-state index in [0.29, 0.717) is 5.56 Å². The second kappa shape index (κ2) is 4.02. The summed E-state index contributed by atoms with van der Waals surface area (Å²) in [6, 6.07) is 11.4. The molecule has 0 spiro atoms. The van der Waals surface area contributed by atoms with Crippen LogP contribution < -0.4 is 0 Å². The average molecular weight is 242 g/mol. The quantitative estimate of drug-likeness (QED) is 0.704. The Hall–Kier alpha value is -2.03. The van der Waals surface area contributed by atoms with Crippen LogP contribution in [-0.2, 0) is 13.5 Å². The molecule has 0 aliphatic rings. The number of aryl methyl sites for hydroxylation is 2. The number of H-pyrrole nitrogens is 1. The maximum absolute atomic E-state index is 14.1. The van der Waals surface area contributed by atoms with Crippen LogP contribution >= 0.6 is 0 Å². The van der Waals surface area contributed by atoms with Crippen molar-refractivity contribution in [2.45, 2.75) is 13.3 Å². The first-order chi connectivity index (χ1) is 8.70. The molecule has 2 nitrogen and oxygen atoms in total. The van der Waals surface area contributed by atoms with Gasteiger partial charge in [-0.25, -0.2) is 4.39 Å². The van der Waals surface area contributed by atoms with Crippen LogP contribution in [0.1, 0.15) is 12.5 Å². The first-order valence-corrected chi connectivity index (χ1v) is 6.13. The van der Waals surface area contributed by atoms with Crippen LogP contribution in [0.25, 0.3) is 22.2 Å². The summed E-state index contributed by atoms with van der Waals surface area (Å²) < 4.78 is 16.1. The smallest absolute Gasteiger partial charge is 0.131 e. The molecule has 0 aliphatic carbocycles. The third-order valence-corrected chi connectivity index (χ3v) is 3.39. The van der Waals surface area contributed by atoms with Crippen LogP contribution in [-0.4, -0.2) is 9.78 Å². The molecule has 0 atom stereocenters. The number of hydrogen-bond acceptors (Lipinski definition) is 0.